The maximum absolute atomic E-state index is 12.5. The Hall–Kier alpha value is -2.97. The fourth-order valence-electron chi connectivity index (χ4n) is 2.43. The Morgan fingerprint density at radius 1 is 1.04 bits per heavy atom. The van der Waals surface area contributed by atoms with E-state index in [0.717, 1.165) is 15.4 Å². The van der Waals surface area contributed by atoms with Gasteiger partial charge in [0.2, 0.25) is 15.9 Å². The zero-order valence-electron chi connectivity index (χ0n) is 15.1. The number of hydrogen-bond acceptors (Lipinski definition) is 5. The van der Waals surface area contributed by atoms with E-state index < -0.39 is 15.9 Å². The number of amides is 1. The Morgan fingerprint density at radius 2 is 1.67 bits per heavy atom. The molecule has 8 heteroatoms. The molecule has 1 aromatic heterocycles. The van der Waals surface area contributed by atoms with Crippen LogP contribution in [-0.4, -0.2) is 37.9 Å². The average Bonchev–Trinajstić information content (AvgIpc) is 3.10. The van der Waals surface area contributed by atoms with E-state index in [-0.39, 0.29) is 10.8 Å². The SMILES string of the molecule is Cc1ccc(-c2cnoc2NC(=O)c2ccc(S(=O)(=O)N(C)C)cc2)cc1. The van der Waals surface area contributed by atoms with Gasteiger partial charge in [0.15, 0.2) is 0 Å². The number of nitrogens with one attached hydrogen (secondary N) is 1. The second kappa shape index (κ2) is 7.34. The van der Waals surface area contributed by atoms with Gasteiger partial charge in [-0.2, -0.15) is 0 Å². The van der Waals surface area contributed by atoms with E-state index in [9.17, 15) is 13.2 Å². The predicted molar refractivity (Wildman–Crippen MR) is 102 cm³/mol. The average molecular weight is 385 g/mol. The monoisotopic (exact) mass is 385 g/mol. The third-order valence-electron chi connectivity index (χ3n) is 4.06. The molecule has 1 N–H and O–H groups in total. The largest absolute Gasteiger partial charge is 0.338 e. The highest BCUT2D eigenvalue weighted by atomic mass is 32.2. The standard InChI is InChI=1S/C19H19N3O4S/c1-13-4-6-14(7-5-13)17-12-20-26-19(17)21-18(23)15-8-10-16(11-9-15)27(24,25)22(2)3/h4-12H,1-3H3,(H,21,23). The molecule has 0 bridgehead atoms. The van der Waals surface area contributed by atoms with Gasteiger partial charge in [-0.1, -0.05) is 35.0 Å². The van der Waals surface area contributed by atoms with Crippen LogP contribution in [0.25, 0.3) is 11.1 Å². The Kier molecular flexibility index (Phi) is 5.11. The highest BCUT2D eigenvalue weighted by molar-refractivity contribution is 7.89. The number of benzene rings is 2. The number of aryl methyl sites for hydroxylation is 1. The van der Waals surface area contributed by atoms with Crippen LogP contribution >= 0.6 is 0 Å². The van der Waals surface area contributed by atoms with Crippen LogP contribution in [0.15, 0.2) is 64.1 Å². The summed E-state index contributed by atoms with van der Waals surface area (Å²) in [5, 5.41) is 6.43. The second-order valence-corrected chi connectivity index (χ2v) is 8.35. The van der Waals surface area contributed by atoms with E-state index in [1.807, 2.05) is 31.2 Å². The van der Waals surface area contributed by atoms with Gasteiger partial charge in [-0.25, -0.2) is 12.7 Å². The Morgan fingerprint density at radius 3 is 2.26 bits per heavy atom. The molecule has 3 aromatic rings. The van der Waals surface area contributed by atoms with Crippen molar-refractivity contribution in [2.75, 3.05) is 19.4 Å². The van der Waals surface area contributed by atoms with Crippen LogP contribution < -0.4 is 5.32 Å². The molecule has 0 unspecified atom stereocenters. The molecule has 3 rings (SSSR count). The molecule has 0 saturated carbocycles. The van der Waals surface area contributed by atoms with Crippen LogP contribution in [-0.2, 0) is 10.0 Å². The minimum absolute atomic E-state index is 0.115. The first-order valence-electron chi connectivity index (χ1n) is 8.14. The number of carbonyl (C=O) groups excluding carboxylic acids is 1. The maximum Gasteiger partial charge on any atom is 0.258 e. The first-order chi connectivity index (χ1) is 12.8. The molecule has 1 heterocycles. The van der Waals surface area contributed by atoms with E-state index in [0.29, 0.717) is 11.1 Å². The first-order valence-corrected chi connectivity index (χ1v) is 9.58. The molecule has 0 saturated heterocycles. The Bertz CT molecular complexity index is 1050. The van der Waals surface area contributed by atoms with Crippen LogP contribution in [0.4, 0.5) is 5.88 Å². The van der Waals surface area contributed by atoms with Crippen molar-refractivity contribution in [3.05, 3.63) is 65.9 Å². The lowest BCUT2D eigenvalue weighted by atomic mass is 10.1. The molecule has 7 nitrogen and oxygen atoms in total. The van der Waals surface area contributed by atoms with Gasteiger partial charge in [0.05, 0.1) is 16.7 Å². The highest BCUT2D eigenvalue weighted by Gasteiger charge is 2.19. The van der Waals surface area contributed by atoms with Crippen molar-refractivity contribution in [3.63, 3.8) is 0 Å². The van der Waals surface area contributed by atoms with E-state index in [1.54, 1.807) is 0 Å². The van der Waals surface area contributed by atoms with Crippen LogP contribution in [0, 0.1) is 6.92 Å². The number of rotatable bonds is 5. The number of nitrogens with zero attached hydrogens (tertiary/aromatic N) is 2. The van der Waals surface area contributed by atoms with E-state index in [1.165, 1.54) is 44.6 Å². The third kappa shape index (κ3) is 3.91. The summed E-state index contributed by atoms with van der Waals surface area (Å²) in [7, 11) is -0.641. The van der Waals surface area contributed by atoms with Gasteiger partial charge in [-0.15, -0.1) is 0 Å². The summed E-state index contributed by atoms with van der Waals surface area (Å²) >= 11 is 0. The van der Waals surface area contributed by atoms with Crippen molar-refractivity contribution in [1.82, 2.24) is 9.46 Å². The summed E-state index contributed by atoms with van der Waals surface area (Å²) < 4.78 is 30.5. The molecule has 0 aliphatic rings. The molecule has 0 aliphatic heterocycles. The maximum atomic E-state index is 12.5. The van der Waals surface area contributed by atoms with Crippen molar-refractivity contribution < 1.29 is 17.7 Å². The number of anilines is 1. The van der Waals surface area contributed by atoms with Crippen LogP contribution in [0.3, 0.4) is 0 Å². The number of aromatic nitrogens is 1. The normalized spacial score (nSPS) is 11.6. The van der Waals surface area contributed by atoms with Crippen molar-refractivity contribution in [3.8, 4) is 11.1 Å². The van der Waals surface area contributed by atoms with E-state index in [4.69, 9.17) is 4.52 Å². The molecule has 0 radical (unpaired) electrons. The zero-order valence-corrected chi connectivity index (χ0v) is 15.9. The Balaban J connectivity index is 1.81. The van der Waals surface area contributed by atoms with Crippen molar-refractivity contribution in [1.29, 1.82) is 0 Å². The molecular weight excluding hydrogens is 366 g/mol. The van der Waals surface area contributed by atoms with Crippen molar-refractivity contribution >= 4 is 21.8 Å². The van der Waals surface area contributed by atoms with Crippen LogP contribution in [0.5, 0.6) is 0 Å². The van der Waals surface area contributed by atoms with E-state index >= 15 is 0 Å². The van der Waals surface area contributed by atoms with E-state index in [2.05, 4.69) is 10.5 Å². The molecule has 2 aromatic carbocycles. The number of sulfonamides is 1. The quantitative estimate of drug-likeness (QED) is 0.728. The van der Waals surface area contributed by atoms with Gasteiger partial charge in [0.1, 0.15) is 0 Å². The molecule has 0 fully saturated rings. The van der Waals surface area contributed by atoms with Gasteiger partial charge in [-0.3, -0.25) is 10.1 Å². The van der Waals surface area contributed by atoms with Gasteiger partial charge in [-0.05, 0) is 36.8 Å². The van der Waals surface area contributed by atoms with Gasteiger partial charge in [0.25, 0.3) is 5.91 Å². The van der Waals surface area contributed by atoms with Gasteiger partial charge >= 0.3 is 0 Å². The summed E-state index contributed by atoms with van der Waals surface area (Å²) in [5.41, 5.74) is 2.95. The molecule has 140 valence electrons. The number of carbonyl (C=O) groups is 1. The molecule has 0 aliphatic carbocycles. The highest BCUT2D eigenvalue weighted by Crippen LogP contribution is 2.28. The predicted octanol–water partition coefficient (Wildman–Crippen LogP) is 3.15. The summed E-state index contributed by atoms with van der Waals surface area (Å²) in [6, 6.07) is 13.4. The van der Waals surface area contributed by atoms with Gasteiger partial charge in [0, 0.05) is 19.7 Å². The fourth-order valence-corrected chi connectivity index (χ4v) is 3.33. The fraction of sp³-hybridized carbons (Fsp3) is 0.158. The minimum Gasteiger partial charge on any atom is -0.338 e. The lowest BCUT2D eigenvalue weighted by molar-refractivity contribution is 0.102. The molecule has 27 heavy (non-hydrogen) atoms. The number of hydrogen-bond donors (Lipinski definition) is 1. The van der Waals surface area contributed by atoms with Crippen molar-refractivity contribution in [2.45, 2.75) is 11.8 Å². The first kappa shape index (κ1) is 18.8. The molecular formula is C19H19N3O4S. The lowest BCUT2D eigenvalue weighted by Crippen LogP contribution is -2.22. The Labute approximate surface area is 157 Å². The topological polar surface area (TPSA) is 92.5 Å². The summed E-state index contributed by atoms with van der Waals surface area (Å²) in [6.45, 7) is 1.99. The molecule has 1 amide bonds. The summed E-state index contributed by atoms with van der Waals surface area (Å²) in [4.78, 5) is 12.6. The molecule has 0 spiro atoms. The van der Waals surface area contributed by atoms with Crippen LogP contribution in [0.1, 0.15) is 15.9 Å². The summed E-state index contributed by atoms with van der Waals surface area (Å²) in [6.07, 6.45) is 1.53. The zero-order chi connectivity index (χ0) is 19.6. The van der Waals surface area contributed by atoms with Crippen LogP contribution in [0.2, 0.25) is 0 Å². The minimum atomic E-state index is -3.54. The third-order valence-corrected chi connectivity index (χ3v) is 5.88. The lowest BCUT2D eigenvalue weighted by Gasteiger charge is -2.11. The smallest absolute Gasteiger partial charge is 0.258 e. The molecule has 0 atom stereocenters. The van der Waals surface area contributed by atoms with Crippen molar-refractivity contribution in [2.24, 2.45) is 0 Å². The summed E-state index contributed by atoms with van der Waals surface area (Å²) in [5.74, 6) is -0.192. The second-order valence-electron chi connectivity index (χ2n) is 6.20. The van der Waals surface area contributed by atoms with Gasteiger partial charge < -0.3 is 4.52 Å².